The molecule has 0 N–H and O–H groups in total. The van der Waals surface area contributed by atoms with E-state index in [1.54, 1.807) is 0 Å². The van der Waals surface area contributed by atoms with Crippen LogP contribution in [0.5, 0.6) is 0 Å². The van der Waals surface area contributed by atoms with Crippen LogP contribution in [0.2, 0.25) is 0 Å². The molecular weight excluding hydrogens is 250 g/mol. The number of anilines is 1. The van der Waals surface area contributed by atoms with E-state index in [1.807, 2.05) is 48.5 Å². The van der Waals surface area contributed by atoms with E-state index < -0.39 is 0 Å². The van der Waals surface area contributed by atoms with Gasteiger partial charge in [0.2, 0.25) is 0 Å². The molecule has 0 bridgehead atoms. The topological polar surface area (TPSA) is 29.3 Å². The average molecular weight is 267 g/mol. The molecule has 0 radical (unpaired) electrons. The summed E-state index contributed by atoms with van der Waals surface area (Å²) >= 11 is 0. The number of rotatable bonds is 4. The highest BCUT2D eigenvalue weighted by atomic mass is 16.5. The molecule has 0 spiro atoms. The van der Waals surface area contributed by atoms with Crippen molar-refractivity contribution < 1.29 is 9.53 Å². The maximum atomic E-state index is 11.9. The zero-order valence-electron chi connectivity index (χ0n) is 11.4. The monoisotopic (exact) mass is 267 g/mol. The first-order valence-electron chi connectivity index (χ1n) is 6.76. The van der Waals surface area contributed by atoms with E-state index >= 15 is 0 Å². The lowest BCUT2D eigenvalue weighted by Crippen LogP contribution is -2.14. The lowest BCUT2D eigenvalue weighted by atomic mass is 10.1. The van der Waals surface area contributed by atoms with Gasteiger partial charge in [0, 0.05) is 5.69 Å². The largest absolute Gasteiger partial charge is 0.467 e. The van der Waals surface area contributed by atoms with Gasteiger partial charge in [-0.3, -0.25) is 0 Å². The van der Waals surface area contributed by atoms with Gasteiger partial charge in [0.1, 0.15) is 6.04 Å². The Morgan fingerprint density at radius 2 is 1.65 bits per heavy atom. The molecule has 2 aromatic carbocycles. The summed E-state index contributed by atoms with van der Waals surface area (Å²) in [6.07, 6.45) is 0.857. The van der Waals surface area contributed by atoms with E-state index in [4.69, 9.17) is 4.74 Å². The van der Waals surface area contributed by atoms with Crippen LogP contribution in [0.3, 0.4) is 0 Å². The lowest BCUT2D eigenvalue weighted by Gasteiger charge is -2.05. The van der Waals surface area contributed by atoms with Crippen LogP contribution in [0.25, 0.3) is 0 Å². The first-order chi connectivity index (χ1) is 9.81. The van der Waals surface area contributed by atoms with Gasteiger partial charge in [-0.2, -0.15) is 0 Å². The highest BCUT2D eigenvalue weighted by molar-refractivity contribution is 5.88. The fourth-order valence-corrected chi connectivity index (χ4v) is 2.69. The van der Waals surface area contributed by atoms with E-state index in [0.717, 1.165) is 12.1 Å². The van der Waals surface area contributed by atoms with Crippen LogP contribution >= 0.6 is 0 Å². The minimum atomic E-state index is -0.164. The summed E-state index contributed by atoms with van der Waals surface area (Å²) in [5.41, 5.74) is 2.31. The van der Waals surface area contributed by atoms with Crippen LogP contribution < -0.4 is 4.90 Å². The summed E-state index contributed by atoms with van der Waals surface area (Å²) in [6, 6.07) is 20.3. The summed E-state index contributed by atoms with van der Waals surface area (Å²) in [7, 11) is 1.45. The molecule has 0 amide bonds. The molecule has 2 aromatic rings. The highest BCUT2D eigenvalue weighted by Crippen LogP contribution is 2.37. The molecule has 1 saturated heterocycles. The molecule has 3 nitrogen and oxygen atoms in total. The quantitative estimate of drug-likeness (QED) is 0.630. The fourth-order valence-electron chi connectivity index (χ4n) is 2.69. The Morgan fingerprint density at radius 1 is 1.05 bits per heavy atom. The van der Waals surface area contributed by atoms with Crippen molar-refractivity contribution in [2.75, 3.05) is 12.0 Å². The van der Waals surface area contributed by atoms with Crippen molar-refractivity contribution in [2.45, 2.75) is 18.5 Å². The molecule has 0 aromatic heterocycles. The number of methoxy groups -OCH3 is 1. The van der Waals surface area contributed by atoms with Gasteiger partial charge in [-0.15, -0.1) is 0 Å². The zero-order chi connectivity index (χ0) is 13.9. The molecule has 1 aliphatic heterocycles. The van der Waals surface area contributed by atoms with Gasteiger partial charge in [-0.05, 0) is 24.1 Å². The molecular formula is C17H17NO2. The number of hydrogen-bond acceptors (Lipinski definition) is 3. The van der Waals surface area contributed by atoms with Gasteiger partial charge in [-0.25, -0.2) is 4.79 Å². The molecule has 3 heteroatoms. The van der Waals surface area contributed by atoms with Crippen molar-refractivity contribution in [2.24, 2.45) is 0 Å². The minimum Gasteiger partial charge on any atom is -0.467 e. The van der Waals surface area contributed by atoms with Crippen LogP contribution in [-0.4, -0.2) is 25.2 Å². The van der Waals surface area contributed by atoms with Gasteiger partial charge < -0.3 is 9.64 Å². The molecule has 3 rings (SSSR count). The van der Waals surface area contributed by atoms with Gasteiger partial charge in [0.05, 0.1) is 13.2 Å². The van der Waals surface area contributed by atoms with Gasteiger partial charge in [0.25, 0.3) is 0 Å². The van der Waals surface area contributed by atoms with Gasteiger partial charge in [-0.1, -0.05) is 48.5 Å². The standard InChI is InChI=1S/C17H17NO2/c1-20-17(19)16-15(12-13-8-4-2-5-9-13)18(16)14-10-6-3-7-11-14/h2-11,15-16H,12H2,1H3/t15-,16+,18?/m0/s1. The van der Waals surface area contributed by atoms with Crippen molar-refractivity contribution in [3.63, 3.8) is 0 Å². The Hall–Kier alpha value is -2.29. The molecule has 0 saturated carbocycles. The van der Waals surface area contributed by atoms with Crippen LogP contribution in [0.4, 0.5) is 5.69 Å². The van der Waals surface area contributed by atoms with Gasteiger partial charge >= 0.3 is 5.97 Å². The summed E-state index contributed by atoms with van der Waals surface area (Å²) in [5.74, 6) is -0.158. The van der Waals surface area contributed by atoms with Crippen LogP contribution in [-0.2, 0) is 16.0 Å². The van der Waals surface area contributed by atoms with E-state index in [1.165, 1.54) is 12.7 Å². The van der Waals surface area contributed by atoms with Crippen molar-refractivity contribution >= 4 is 11.7 Å². The van der Waals surface area contributed by atoms with E-state index in [9.17, 15) is 4.79 Å². The Morgan fingerprint density at radius 3 is 2.25 bits per heavy atom. The second-order valence-electron chi connectivity index (χ2n) is 4.97. The SMILES string of the molecule is COC(=O)[C@H]1[C@H](Cc2ccccc2)N1c1ccccc1. The molecule has 1 heterocycles. The van der Waals surface area contributed by atoms with Crippen molar-refractivity contribution in [1.82, 2.24) is 0 Å². The second-order valence-corrected chi connectivity index (χ2v) is 4.97. The van der Waals surface area contributed by atoms with E-state index in [2.05, 4.69) is 17.0 Å². The number of nitrogens with zero attached hydrogens (tertiary/aromatic N) is 1. The summed E-state index contributed by atoms with van der Waals surface area (Å²) in [5, 5.41) is 0. The third kappa shape index (κ3) is 2.39. The minimum absolute atomic E-state index is 0.158. The van der Waals surface area contributed by atoms with E-state index in [-0.39, 0.29) is 18.1 Å². The Kier molecular flexibility index (Phi) is 3.42. The average Bonchev–Trinajstić information content (AvgIpc) is 3.22. The molecule has 0 unspecified atom stereocenters. The van der Waals surface area contributed by atoms with E-state index in [0.29, 0.717) is 0 Å². The van der Waals surface area contributed by atoms with Crippen molar-refractivity contribution in [3.05, 3.63) is 66.2 Å². The molecule has 1 aliphatic rings. The van der Waals surface area contributed by atoms with Crippen molar-refractivity contribution in [3.8, 4) is 0 Å². The predicted molar refractivity (Wildman–Crippen MR) is 78.7 cm³/mol. The van der Waals surface area contributed by atoms with Crippen molar-refractivity contribution in [1.29, 1.82) is 0 Å². The number of benzene rings is 2. The third-order valence-electron chi connectivity index (χ3n) is 3.72. The normalized spacial score (nSPS) is 20.6. The van der Waals surface area contributed by atoms with Gasteiger partial charge in [0.15, 0.2) is 0 Å². The zero-order valence-corrected chi connectivity index (χ0v) is 11.4. The molecule has 0 aliphatic carbocycles. The lowest BCUT2D eigenvalue weighted by molar-refractivity contribution is -0.139. The number of para-hydroxylation sites is 1. The Balaban J connectivity index is 1.80. The van der Waals surface area contributed by atoms with Crippen LogP contribution in [0.15, 0.2) is 60.7 Å². The number of carbonyl (C=O) groups excluding carboxylic acids is 1. The Bertz CT molecular complexity index is 582. The smallest absolute Gasteiger partial charge is 0.330 e. The number of carbonyl (C=O) groups is 1. The predicted octanol–water partition coefficient (Wildman–Crippen LogP) is 2.66. The highest BCUT2D eigenvalue weighted by Gasteiger charge is 2.53. The third-order valence-corrected chi connectivity index (χ3v) is 3.72. The first kappa shape index (κ1) is 12.7. The second kappa shape index (κ2) is 5.37. The fraction of sp³-hybridized carbons (Fsp3) is 0.235. The number of hydrogen-bond donors (Lipinski definition) is 0. The number of ether oxygens (including phenoxy) is 1. The molecule has 2 atom stereocenters. The first-order valence-corrected chi connectivity index (χ1v) is 6.76. The van der Waals surface area contributed by atoms with Crippen LogP contribution in [0, 0.1) is 0 Å². The summed E-state index contributed by atoms with van der Waals surface area (Å²) < 4.78 is 4.91. The molecule has 1 fully saturated rings. The Labute approximate surface area is 118 Å². The molecule has 102 valence electrons. The summed E-state index contributed by atoms with van der Waals surface area (Å²) in [6.45, 7) is 0. The molecule has 20 heavy (non-hydrogen) atoms. The summed E-state index contributed by atoms with van der Waals surface area (Å²) in [4.78, 5) is 14.0. The maximum absolute atomic E-state index is 11.9. The maximum Gasteiger partial charge on any atom is 0.330 e. The number of esters is 1. The van der Waals surface area contributed by atoms with Crippen LogP contribution in [0.1, 0.15) is 5.56 Å².